The number of rotatable bonds is 2. The molecule has 0 aromatic carbocycles. The highest BCUT2D eigenvalue weighted by Crippen LogP contribution is 2.31. The fourth-order valence-corrected chi connectivity index (χ4v) is 2.23. The van der Waals surface area contributed by atoms with Gasteiger partial charge in [-0.2, -0.15) is 5.10 Å². The molecule has 7 nitrogen and oxygen atoms in total. The molecule has 0 aliphatic carbocycles. The maximum Gasteiger partial charge on any atom is 0.309 e. The van der Waals surface area contributed by atoms with Crippen molar-refractivity contribution in [3.05, 3.63) is 0 Å². The molecular weight excluding hydrogens is 250 g/mol. The summed E-state index contributed by atoms with van der Waals surface area (Å²) in [6.07, 6.45) is 1.49. The standard InChI is InChI=1S/C12H17N3O4/c1-12(11(18)19)4-6-15(7-5-12)10(17)8-2-3-9(16)14-13-8/h2-7H2,1H3,(H,14,16)(H,18,19). The van der Waals surface area contributed by atoms with Crippen LogP contribution in [0.1, 0.15) is 32.6 Å². The highest BCUT2D eigenvalue weighted by molar-refractivity contribution is 6.39. The zero-order valence-corrected chi connectivity index (χ0v) is 10.8. The molecule has 2 N–H and O–H groups in total. The van der Waals surface area contributed by atoms with Crippen molar-refractivity contribution in [1.82, 2.24) is 10.3 Å². The number of nitrogens with one attached hydrogen (secondary N) is 1. The lowest BCUT2D eigenvalue weighted by atomic mass is 9.80. The molecule has 2 aliphatic heterocycles. The molecule has 0 saturated carbocycles. The van der Waals surface area contributed by atoms with Gasteiger partial charge >= 0.3 is 5.97 Å². The summed E-state index contributed by atoms with van der Waals surface area (Å²) in [7, 11) is 0. The second-order valence-electron chi connectivity index (χ2n) is 5.25. The summed E-state index contributed by atoms with van der Waals surface area (Å²) in [5.41, 5.74) is 1.89. The Labute approximate surface area is 110 Å². The van der Waals surface area contributed by atoms with Crippen LogP contribution >= 0.6 is 0 Å². The monoisotopic (exact) mass is 267 g/mol. The lowest BCUT2D eigenvalue weighted by Gasteiger charge is -2.36. The maximum absolute atomic E-state index is 12.1. The van der Waals surface area contributed by atoms with Crippen LogP contribution in [0.3, 0.4) is 0 Å². The molecule has 0 bridgehead atoms. The molecule has 0 aromatic rings. The van der Waals surface area contributed by atoms with E-state index in [1.54, 1.807) is 11.8 Å². The fraction of sp³-hybridized carbons (Fsp3) is 0.667. The number of carboxylic acids is 1. The zero-order chi connectivity index (χ0) is 14.0. The first-order chi connectivity index (χ1) is 8.92. The molecule has 0 spiro atoms. The van der Waals surface area contributed by atoms with Crippen LogP contribution in [-0.2, 0) is 14.4 Å². The first kappa shape index (κ1) is 13.5. The van der Waals surface area contributed by atoms with Crippen LogP contribution in [0.5, 0.6) is 0 Å². The van der Waals surface area contributed by atoms with Crippen molar-refractivity contribution in [1.29, 1.82) is 0 Å². The van der Waals surface area contributed by atoms with E-state index in [1.165, 1.54) is 0 Å². The Kier molecular flexibility index (Phi) is 3.55. The van der Waals surface area contributed by atoms with Gasteiger partial charge in [-0.25, -0.2) is 5.43 Å². The van der Waals surface area contributed by atoms with E-state index in [-0.39, 0.29) is 18.2 Å². The Hall–Kier alpha value is -1.92. The Morgan fingerprint density at radius 1 is 1.32 bits per heavy atom. The third-order valence-electron chi connectivity index (χ3n) is 3.82. The molecule has 0 unspecified atom stereocenters. The van der Waals surface area contributed by atoms with Crippen LogP contribution in [0.2, 0.25) is 0 Å². The minimum atomic E-state index is -0.818. The van der Waals surface area contributed by atoms with Gasteiger partial charge in [0.1, 0.15) is 5.71 Å². The van der Waals surface area contributed by atoms with Crippen molar-refractivity contribution >= 4 is 23.5 Å². The Bertz CT molecular complexity index is 450. The average molecular weight is 267 g/mol. The van der Waals surface area contributed by atoms with Crippen LogP contribution in [0.15, 0.2) is 5.10 Å². The summed E-state index contributed by atoms with van der Waals surface area (Å²) in [6, 6.07) is 0. The van der Waals surface area contributed by atoms with Crippen LogP contribution < -0.4 is 5.43 Å². The minimum Gasteiger partial charge on any atom is -0.481 e. The van der Waals surface area contributed by atoms with Crippen molar-refractivity contribution in [3.8, 4) is 0 Å². The number of piperidine rings is 1. The van der Waals surface area contributed by atoms with Gasteiger partial charge in [0, 0.05) is 25.9 Å². The molecule has 1 fully saturated rings. The molecule has 2 rings (SSSR count). The highest BCUT2D eigenvalue weighted by Gasteiger charge is 2.38. The molecule has 1 saturated heterocycles. The quantitative estimate of drug-likeness (QED) is 0.733. The van der Waals surface area contributed by atoms with E-state index in [4.69, 9.17) is 5.11 Å². The Morgan fingerprint density at radius 3 is 2.42 bits per heavy atom. The summed E-state index contributed by atoms with van der Waals surface area (Å²) >= 11 is 0. The number of amides is 2. The zero-order valence-electron chi connectivity index (χ0n) is 10.8. The van der Waals surface area contributed by atoms with Gasteiger partial charge in [-0.3, -0.25) is 14.4 Å². The molecular formula is C12H17N3O4. The van der Waals surface area contributed by atoms with Crippen LogP contribution in [-0.4, -0.2) is 46.6 Å². The minimum absolute atomic E-state index is 0.186. The van der Waals surface area contributed by atoms with Crippen molar-refractivity contribution in [2.45, 2.75) is 32.6 Å². The third kappa shape index (κ3) is 2.74. The number of nitrogens with zero attached hydrogens (tertiary/aromatic N) is 2. The smallest absolute Gasteiger partial charge is 0.309 e. The van der Waals surface area contributed by atoms with Gasteiger partial charge in [-0.1, -0.05) is 0 Å². The number of hydrazone groups is 1. The van der Waals surface area contributed by atoms with Crippen LogP contribution in [0.25, 0.3) is 0 Å². The molecule has 2 aliphatic rings. The molecule has 0 atom stereocenters. The second-order valence-corrected chi connectivity index (χ2v) is 5.25. The lowest BCUT2D eigenvalue weighted by Crippen LogP contribution is -2.48. The first-order valence-electron chi connectivity index (χ1n) is 6.30. The maximum atomic E-state index is 12.1. The Balaban J connectivity index is 1.96. The first-order valence-corrected chi connectivity index (χ1v) is 6.30. The summed E-state index contributed by atoms with van der Waals surface area (Å²) in [4.78, 5) is 35.8. The lowest BCUT2D eigenvalue weighted by molar-refractivity contribution is -0.152. The van der Waals surface area contributed by atoms with E-state index in [0.29, 0.717) is 38.1 Å². The van der Waals surface area contributed by atoms with E-state index in [2.05, 4.69) is 10.5 Å². The second kappa shape index (κ2) is 4.99. The molecule has 2 heterocycles. The third-order valence-corrected chi connectivity index (χ3v) is 3.82. The number of hydrogen-bond acceptors (Lipinski definition) is 4. The average Bonchev–Trinajstić information content (AvgIpc) is 2.39. The van der Waals surface area contributed by atoms with Crippen LogP contribution in [0.4, 0.5) is 0 Å². The predicted molar refractivity (Wildman–Crippen MR) is 66.4 cm³/mol. The van der Waals surface area contributed by atoms with Crippen molar-refractivity contribution in [3.63, 3.8) is 0 Å². The van der Waals surface area contributed by atoms with Crippen molar-refractivity contribution in [2.24, 2.45) is 10.5 Å². The molecule has 0 radical (unpaired) electrons. The topological polar surface area (TPSA) is 99.1 Å². The normalized spacial score (nSPS) is 22.5. The largest absolute Gasteiger partial charge is 0.481 e. The molecule has 2 amide bonds. The summed E-state index contributed by atoms with van der Waals surface area (Å²) in [5.74, 6) is -1.21. The van der Waals surface area contributed by atoms with E-state index in [9.17, 15) is 14.4 Å². The van der Waals surface area contributed by atoms with Gasteiger partial charge in [-0.15, -0.1) is 0 Å². The van der Waals surface area contributed by atoms with Crippen molar-refractivity contribution < 1.29 is 19.5 Å². The van der Waals surface area contributed by atoms with Gasteiger partial charge in [-0.05, 0) is 19.8 Å². The Morgan fingerprint density at radius 2 is 1.95 bits per heavy atom. The summed E-state index contributed by atoms with van der Waals surface area (Å²) in [6.45, 7) is 2.53. The highest BCUT2D eigenvalue weighted by atomic mass is 16.4. The number of hydrogen-bond donors (Lipinski definition) is 2. The van der Waals surface area contributed by atoms with E-state index < -0.39 is 11.4 Å². The molecule has 0 aromatic heterocycles. The number of carbonyl (C=O) groups is 3. The van der Waals surface area contributed by atoms with E-state index in [0.717, 1.165) is 0 Å². The van der Waals surface area contributed by atoms with Gasteiger partial charge in [0.2, 0.25) is 5.91 Å². The van der Waals surface area contributed by atoms with Crippen LogP contribution in [0, 0.1) is 5.41 Å². The number of aliphatic carboxylic acids is 1. The molecule has 19 heavy (non-hydrogen) atoms. The molecule has 7 heteroatoms. The fourth-order valence-electron chi connectivity index (χ4n) is 2.23. The number of carbonyl (C=O) groups excluding carboxylic acids is 2. The van der Waals surface area contributed by atoms with E-state index in [1.807, 2.05) is 0 Å². The van der Waals surface area contributed by atoms with E-state index >= 15 is 0 Å². The van der Waals surface area contributed by atoms with Gasteiger partial charge in [0.05, 0.1) is 5.41 Å². The summed E-state index contributed by atoms with van der Waals surface area (Å²) < 4.78 is 0. The predicted octanol–water partition coefficient (Wildman–Crippen LogP) is -0.0343. The van der Waals surface area contributed by atoms with Crippen molar-refractivity contribution in [2.75, 3.05) is 13.1 Å². The number of carboxylic acid groups (broad SMARTS) is 1. The summed E-state index contributed by atoms with van der Waals surface area (Å²) in [5, 5.41) is 12.9. The molecule has 104 valence electrons. The van der Waals surface area contributed by atoms with Gasteiger partial charge < -0.3 is 10.0 Å². The number of likely N-dealkylation sites (tertiary alicyclic amines) is 1. The SMILES string of the molecule is CC1(C(=O)O)CCN(C(=O)C2=NNC(=O)CC2)CC1. The van der Waals surface area contributed by atoms with Gasteiger partial charge in [0.25, 0.3) is 5.91 Å². The van der Waals surface area contributed by atoms with Gasteiger partial charge in [0.15, 0.2) is 0 Å².